The molecule has 0 saturated heterocycles. The Balaban J connectivity index is 2.26. The Labute approximate surface area is 125 Å². The fourth-order valence-electron chi connectivity index (χ4n) is 1.94. The third kappa shape index (κ3) is 3.95. The lowest BCUT2D eigenvalue weighted by Gasteiger charge is -2.09. The zero-order valence-corrected chi connectivity index (χ0v) is 11.9. The molecule has 0 unspecified atom stereocenters. The summed E-state index contributed by atoms with van der Waals surface area (Å²) in [7, 11) is 0. The standard InChI is InChI=1S/C15H14ClF3N2/c16-13-8-12(15(17,18)19)9-21-14(13)11-5-3-10(4-6-11)2-1-7-20/h3-6,8-9H,1-2,7,20H2. The van der Waals surface area contributed by atoms with E-state index in [0.717, 1.165) is 30.7 Å². The van der Waals surface area contributed by atoms with Gasteiger partial charge in [0.05, 0.1) is 16.3 Å². The number of rotatable bonds is 4. The summed E-state index contributed by atoms with van der Waals surface area (Å²) in [5.41, 5.74) is 6.74. The smallest absolute Gasteiger partial charge is 0.330 e. The summed E-state index contributed by atoms with van der Waals surface area (Å²) in [5.74, 6) is 0. The van der Waals surface area contributed by atoms with Gasteiger partial charge in [0, 0.05) is 11.8 Å². The van der Waals surface area contributed by atoms with Gasteiger partial charge in [-0.25, -0.2) is 0 Å². The first-order valence-electron chi connectivity index (χ1n) is 6.44. The number of aromatic nitrogens is 1. The number of hydrogen-bond acceptors (Lipinski definition) is 2. The van der Waals surface area contributed by atoms with Gasteiger partial charge < -0.3 is 5.73 Å². The van der Waals surface area contributed by atoms with Crippen LogP contribution in [0, 0.1) is 0 Å². The molecule has 0 aliphatic carbocycles. The molecule has 1 aromatic carbocycles. The summed E-state index contributed by atoms with van der Waals surface area (Å²) in [6.07, 6.45) is -1.89. The molecule has 2 nitrogen and oxygen atoms in total. The maximum atomic E-state index is 12.6. The predicted molar refractivity (Wildman–Crippen MR) is 77.1 cm³/mol. The van der Waals surface area contributed by atoms with E-state index in [1.165, 1.54) is 0 Å². The largest absolute Gasteiger partial charge is 0.417 e. The molecule has 0 spiro atoms. The van der Waals surface area contributed by atoms with Crippen molar-refractivity contribution in [2.45, 2.75) is 19.0 Å². The SMILES string of the molecule is NCCCc1ccc(-c2ncc(C(F)(F)F)cc2Cl)cc1. The Hall–Kier alpha value is -1.59. The van der Waals surface area contributed by atoms with Gasteiger partial charge in [0.1, 0.15) is 0 Å². The van der Waals surface area contributed by atoms with Gasteiger partial charge >= 0.3 is 6.18 Å². The maximum Gasteiger partial charge on any atom is 0.417 e. The van der Waals surface area contributed by atoms with Gasteiger partial charge in [-0.1, -0.05) is 35.9 Å². The van der Waals surface area contributed by atoms with Crippen LogP contribution < -0.4 is 5.73 Å². The van der Waals surface area contributed by atoms with Crippen LogP contribution in [0.5, 0.6) is 0 Å². The van der Waals surface area contributed by atoms with E-state index in [1.54, 1.807) is 12.1 Å². The average Bonchev–Trinajstić information content (AvgIpc) is 2.45. The van der Waals surface area contributed by atoms with E-state index in [1.807, 2.05) is 12.1 Å². The van der Waals surface area contributed by atoms with Gasteiger partial charge in [-0.2, -0.15) is 13.2 Å². The third-order valence-electron chi connectivity index (χ3n) is 3.07. The number of nitrogens with two attached hydrogens (primary N) is 1. The Kier molecular flexibility index (Phi) is 4.85. The lowest BCUT2D eigenvalue weighted by Crippen LogP contribution is -2.05. The second kappa shape index (κ2) is 6.45. The molecule has 0 radical (unpaired) electrons. The van der Waals surface area contributed by atoms with Gasteiger partial charge in [0.15, 0.2) is 0 Å². The first-order valence-corrected chi connectivity index (χ1v) is 6.81. The Morgan fingerprint density at radius 2 is 1.81 bits per heavy atom. The highest BCUT2D eigenvalue weighted by atomic mass is 35.5. The second-order valence-corrected chi connectivity index (χ2v) is 5.05. The van der Waals surface area contributed by atoms with Crippen LogP contribution in [0.3, 0.4) is 0 Å². The van der Waals surface area contributed by atoms with E-state index in [-0.39, 0.29) is 5.02 Å². The quantitative estimate of drug-likeness (QED) is 0.913. The molecule has 2 rings (SSSR count). The third-order valence-corrected chi connectivity index (χ3v) is 3.35. The van der Waals surface area contributed by atoms with Crippen molar-refractivity contribution in [1.82, 2.24) is 4.98 Å². The molecule has 0 atom stereocenters. The summed E-state index contributed by atoms with van der Waals surface area (Å²) in [5, 5.41) is -0.0143. The molecule has 0 aliphatic heterocycles. The number of nitrogens with zero attached hydrogens (tertiary/aromatic N) is 1. The van der Waals surface area contributed by atoms with E-state index in [0.29, 0.717) is 17.8 Å². The van der Waals surface area contributed by atoms with Crippen molar-refractivity contribution in [2.75, 3.05) is 6.54 Å². The van der Waals surface area contributed by atoms with Gasteiger partial charge in [-0.3, -0.25) is 4.98 Å². The molecule has 21 heavy (non-hydrogen) atoms. The molecular weight excluding hydrogens is 301 g/mol. The van der Waals surface area contributed by atoms with Crippen molar-refractivity contribution >= 4 is 11.6 Å². The molecule has 0 saturated carbocycles. The van der Waals surface area contributed by atoms with Crippen LogP contribution >= 0.6 is 11.6 Å². The molecule has 6 heteroatoms. The molecule has 0 amide bonds. The van der Waals surface area contributed by atoms with Crippen LogP contribution in [0.2, 0.25) is 5.02 Å². The zero-order valence-electron chi connectivity index (χ0n) is 11.1. The number of halogens is 4. The van der Waals surface area contributed by atoms with E-state index >= 15 is 0 Å². The van der Waals surface area contributed by atoms with Crippen molar-refractivity contribution < 1.29 is 13.2 Å². The normalized spacial score (nSPS) is 11.7. The molecule has 2 N–H and O–H groups in total. The number of pyridine rings is 1. The van der Waals surface area contributed by atoms with Gasteiger partial charge in [-0.15, -0.1) is 0 Å². The first-order chi connectivity index (χ1) is 9.91. The number of aryl methyl sites for hydroxylation is 1. The lowest BCUT2D eigenvalue weighted by molar-refractivity contribution is -0.137. The van der Waals surface area contributed by atoms with E-state index in [2.05, 4.69) is 4.98 Å². The van der Waals surface area contributed by atoms with Crippen LogP contribution in [-0.4, -0.2) is 11.5 Å². The second-order valence-electron chi connectivity index (χ2n) is 4.64. The summed E-state index contributed by atoms with van der Waals surface area (Å²) < 4.78 is 37.7. The summed E-state index contributed by atoms with van der Waals surface area (Å²) in [4.78, 5) is 3.83. The molecule has 0 aliphatic rings. The molecule has 2 aromatic rings. The topological polar surface area (TPSA) is 38.9 Å². The average molecular weight is 315 g/mol. The highest BCUT2D eigenvalue weighted by molar-refractivity contribution is 6.33. The van der Waals surface area contributed by atoms with E-state index < -0.39 is 11.7 Å². The Morgan fingerprint density at radius 3 is 2.33 bits per heavy atom. The van der Waals surface area contributed by atoms with Crippen LogP contribution in [0.1, 0.15) is 17.5 Å². The minimum absolute atomic E-state index is 0.0143. The molecule has 1 aromatic heterocycles. The van der Waals surface area contributed by atoms with Crippen molar-refractivity contribution in [3.63, 3.8) is 0 Å². The molecule has 0 fully saturated rings. The Morgan fingerprint density at radius 1 is 1.14 bits per heavy atom. The van der Waals surface area contributed by atoms with Crippen LogP contribution in [0.15, 0.2) is 36.5 Å². The van der Waals surface area contributed by atoms with E-state index in [4.69, 9.17) is 17.3 Å². The fraction of sp³-hybridized carbons (Fsp3) is 0.267. The van der Waals surface area contributed by atoms with Gasteiger partial charge in [0.2, 0.25) is 0 Å². The molecule has 112 valence electrons. The van der Waals surface area contributed by atoms with Crippen molar-refractivity contribution in [3.8, 4) is 11.3 Å². The minimum Gasteiger partial charge on any atom is -0.330 e. The first kappa shape index (κ1) is 15.8. The summed E-state index contributed by atoms with van der Waals surface area (Å²) in [6, 6.07) is 8.30. The van der Waals surface area contributed by atoms with Gasteiger partial charge in [-0.05, 0) is 31.0 Å². The van der Waals surface area contributed by atoms with E-state index in [9.17, 15) is 13.2 Å². The number of benzene rings is 1. The number of hydrogen-bond donors (Lipinski definition) is 1. The molecule has 1 heterocycles. The highest BCUT2D eigenvalue weighted by Crippen LogP contribution is 2.34. The zero-order chi connectivity index (χ0) is 15.5. The number of alkyl halides is 3. The molecular formula is C15H14ClF3N2. The highest BCUT2D eigenvalue weighted by Gasteiger charge is 2.31. The van der Waals surface area contributed by atoms with Crippen molar-refractivity contribution in [3.05, 3.63) is 52.7 Å². The fourth-order valence-corrected chi connectivity index (χ4v) is 2.22. The molecule has 0 bridgehead atoms. The summed E-state index contributed by atoms with van der Waals surface area (Å²) >= 11 is 5.91. The monoisotopic (exact) mass is 314 g/mol. The van der Waals surface area contributed by atoms with Crippen LogP contribution in [0.25, 0.3) is 11.3 Å². The van der Waals surface area contributed by atoms with Crippen LogP contribution in [0.4, 0.5) is 13.2 Å². The van der Waals surface area contributed by atoms with Crippen molar-refractivity contribution in [2.24, 2.45) is 5.73 Å². The van der Waals surface area contributed by atoms with Crippen LogP contribution in [-0.2, 0) is 12.6 Å². The Bertz CT molecular complexity index is 609. The predicted octanol–water partition coefficient (Wildman–Crippen LogP) is 4.31. The summed E-state index contributed by atoms with van der Waals surface area (Å²) in [6.45, 7) is 0.619. The lowest BCUT2D eigenvalue weighted by atomic mass is 10.0. The van der Waals surface area contributed by atoms with Gasteiger partial charge in [0.25, 0.3) is 0 Å². The minimum atomic E-state index is -4.44. The van der Waals surface area contributed by atoms with Crippen molar-refractivity contribution in [1.29, 1.82) is 0 Å². The maximum absolute atomic E-state index is 12.6.